The summed E-state index contributed by atoms with van der Waals surface area (Å²) in [5, 5.41) is 2.84. The predicted octanol–water partition coefficient (Wildman–Crippen LogP) is 1.26. The summed E-state index contributed by atoms with van der Waals surface area (Å²) < 4.78 is 31.7. The van der Waals surface area contributed by atoms with Crippen molar-refractivity contribution in [1.82, 2.24) is 9.62 Å². The normalized spacial score (nSPS) is 16.2. The van der Waals surface area contributed by atoms with Crippen molar-refractivity contribution in [3.8, 4) is 0 Å². The van der Waals surface area contributed by atoms with Gasteiger partial charge in [0.2, 0.25) is 15.9 Å². The lowest BCUT2D eigenvalue weighted by Crippen LogP contribution is -2.41. The molecule has 1 aromatic rings. The fourth-order valence-corrected chi connectivity index (χ4v) is 4.06. The van der Waals surface area contributed by atoms with Gasteiger partial charge in [-0.1, -0.05) is 31.2 Å². The van der Waals surface area contributed by atoms with Gasteiger partial charge >= 0.3 is 0 Å². The van der Waals surface area contributed by atoms with Gasteiger partial charge in [0.05, 0.1) is 19.0 Å². The Morgan fingerprint density at radius 3 is 2.52 bits per heavy atom. The molecule has 1 aromatic carbocycles. The topological polar surface area (TPSA) is 75.7 Å². The first kappa shape index (κ1) is 17.9. The first-order valence-electron chi connectivity index (χ1n) is 7.92. The van der Waals surface area contributed by atoms with Crippen molar-refractivity contribution in [2.45, 2.75) is 32.1 Å². The van der Waals surface area contributed by atoms with Gasteiger partial charge in [0.1, 0.15) is 0 Å². The average Bonchev–Trinajstić information content (AvgIpc) is 2.55. The Morgan fingerprint density at radius 1 is 1.22 bits per heavy atom. The largest absolute Gasteiger partial charge is 0.379 e. The molecule has 0 spiro atoms. The fraction of sp³-hybridized carbons (Fsp3) is 0.562. The summed E-state index contributed by atoms with van der Waals surface area (Å²) >= 11 is 0. The van der Waals surface area contributed by atoms with E-state index in [4.69, 9.17) is 4.74 Å². The quantitative estimate of drug-likeness (QED) is 0.811. The molecule has 0 atom stereocenters. The first-order valence-corrected chi connectivity index (χ1v) is 9.53. The van der Waals surface area contributed by atoms with E-state index < -0.39 is 10.0 Å². The van der Waals surface area contributed by atoms with Crippen molar-refractivity contribution in [3.63, 3.8) is 0 Å². The molecule has 1 N–H and O–H groups in total. The summed E-state index contributed by atoms with van der Waals surface area (Å²) in [6, 6.07) is 7.34. The van der Waals surface area contributed by atoms with Crippen LogP contribution >= 0.6 is 0 Å². The molecule has 0 aliphatic carbocycles. The van der Waals surface area contributed by atoms with Gasteiger partial charge in [0.15, 0.2) is 0 Å². The number of ether oxygens (including phenoxy) is 1. The fourth-order valence-electron chi connectivity index (χ4n) is 2.49. The molecule has 128 valence electrons. The van der Waals surface area contributed by atoms with E-state index in [-0.39, 0.29) is 11.7 Å². The molecule has 0 saturated carbocycles. The third-order valence-corrected chi connectivity index (χ3v) is 5.60. The Morgan fingerprint density at radius 2 is 1.87 bits per heavy atom. The molecule has 1 amide bonds. The van der Waals surface area contributed by atoms with Crippen molar-refractivity contribution in [1.29, 1.82) is 0 Å². The van der Waals surface area contributed by atoms with E-state index in [1.54, 1.807) is 6.07 Å². The van der Waals surface area contributed by atoms with E-state index in [0.717, 1.165) is 17.5 Å². The first-order chi connectivity index (χ1) is 11.0. The monoisotopic (exact) mass is 340 g/mol. The van der Waals surface area contributed by atoms with Gasteiger partial charge in [-0.25, -0.2) is 8.42 Å². The predicted molar refractivity (Wildman–Crippen MR) is 88.2 cm³/mol. The molecule has 0 aromatic heterocycles. The van der Waals surface area contributed by atoms with Crippen molar-refractivity contribution < 1.29 is 17.9 Å². The van der Waals surface area contributed by atoms with Gasteiger partial charge < -0.3 is 10.1 Å². The van der Waals surface area contributed by atoms with Gasteiger partial charge in [0.25, 0.3) is 0 Å². The lowest BCUT2D eigenvalue weighted by Gasteiger charge is -2.26. The number of hydrogen-bond acceptors (Lipinski definition) is 4. The van der Waals surface area contributed by atoms with Crippen molar-refractivity contribution in [2.75, 3.05) is 26.3 Å². The maximum Gasteiger partial charge on any atom is 0.220 e. The third-order valence-electron chi connectivity index (χ3n) is 3.77. The second kappa shape index (κ2) is 8.42. The highest BCUT2D eigenvalue weighted by molar-refractivity contribution is 7.88. The molecule has 0 unspecified atom stereocenters. The molecule has 0 radical (unpaired) electrons. The van der Waals surface area contributed by atoms with Gasteiger partial charge in [-0.3, -0.25) is 4.79 Å². The number of sulfonamides is 1. The standard InChI is InChI=1S/C16H24N2O4S/c1-2-5-16(19)17-12-14-6-3-4-7-15(14)13-23(20,21)18-8-10-22-11-9-18/h3-4,6-7H,2,5,8-13H2,1H3,(H,17,19). The highest BCUT2D eigenvalue weighted by Crippen LogP contribution is 2.16. The molecule has 6 nitrogen and oxygen atoms in total. The number of morpholine rings is 1. The maximum absolute atomic E-state index is 12.5. The van der Waals surface area contributed by atoms with Crippen molar-refractivity contribution >= 4 is 15.9 Å². The highest BCUT2D eigenvalue weighted by Gasteiger charge is 2.25. The van der Waals surface area contributed by atoms with E-state index in [2.05, 4.69) is 5.32 Å². The van der Waals surface area contributed by atoms with Crippen LogP contribution in [0.2, 0.25) is 0 Å². The van der Waals surface area contributed by atoms with Crippen LogP contribution in [0.25, 0.3) is 0 Å². The number of nitrogens with zero attached hydrogens (tertiary/aromatic N) is 1. The Labute approximate surface area is 137 Å². The molecule has 1 aliphatic heterocycles. The van der Waals surface area contributed by atoms with E-state index in [9.17, 15) is 13.2 Å². The minimum Gasteiger partial charge on any atom is -0.379 e. The number of carbonyl (C=O) groups excluding carboxylic acids is 1. The van der Waals surface area contributed by atoms with Gasteiger partial charge in [-0.05, 0) is 17.5 Å². The molecule has 1 saturated heterocycles. The number of carbonyl (C=O) groups is 1. The van der Waals surface area contributed by atoms with Crippen LogP contribution in [0.15, 0.2) is 24.3 Å². The molecule has 1 fully saturated rings. The number of amides is 1. The molecule has 2 rings (SSSR count). The molecule has 0 bridgehead atoms. The number of benzene rings is 1. The summed E-state index contributed by atoms with van der Waals surface area (Å²) in [7, 11) is -3.37. The average molecular weight is 340 g/mol. The Hall–Kier alpha value is -1.44. The zero-order valence-electron chi connectivity index (χ0n) is 13.5. The lowest BCUT2D eigenvalue weighted by atomic mass is 10.1. The summed E-state index contributed by atoms with van der Waals surface area (Å²) in [6.07, 6.45) is 1.27. The maximum atomic E-state index is 12.5. The number of nitrogens with one attached hydrogen (secondary N) is 1. The van der Waals surface area contributed by atoms with Crippen LogP contribution in [0.1, 0.15) is 30.9 Å². The van der Waals surface area contributed by atoms with E-state index >= 15 is 0 Å². The Kier molecular flexibility index (Phi) is 6.56. The number of rotatable bonds is 7. The zero-order valence-corrected chi connectivity index (χ0v) is 14.3. The summed E-state index contributed by atoms with van der Waals surface area (Å²) in [6.45, 7) is 3.98. The summed E-state index contributed by atoms with van der Waals surface area (Å²) in [4.78, 5) is 11.6. The minimum absolute atomic E-state index is 0.0154. The summed E-state index contributed by atoms with van der Waals surface area (Å²) in [5.41, 5.74) is 1.57. The van der Waals surface area contributed by atoms with Crippen LogP contribution in [0.3, 0.4) is 0 Å². The van der Waals surface area contributed by atoms with E-state index in [1.165, 1.54) is 4.31 Å². The number of hydrogen-bond donors (Lipinski definition) is 1. The molecule has 23 heavy (non-hydrogen) atoms. The molecular formula is C16H24N2O4S. The Bertz CT molecular complexity index is 625. The minimum atomic E-state index is -3.37. The van der Waals surface area contributed by atoms with Crippen LogP contribution in [0, 0.1) is 0 Å². The highest BCUT2D eigenvalue weighted by atomic mass is 32.2. The molecule has 1 heterocycles. The smallest absolute Gasteiger partial charge is 0.220 e. The molecule has 7 heteroatoms. The van der Waals surface area contributed by atoms with Crippen LogP contribution < -0.4 is 5.32 Å². The second-order valence-corrected chi connectivity index (χ2v) is 7.53. The van der Waals surface area contributed by atoms with Crippen LogP contribution in [-0.2, 0) is 31.9 Å². The van der Waals surface area contributed by atoms with Crippen LogP contribution in [0.4, 0.5) is 0 Å². The van der Waals surface area contributed by atoms with E-state index in [0.29, 0.717) is 39.3 Å². The lowest BCUT2D eigenvalue weighted by molar-refractivity contribution is -0.121. The third kappa shape index (κ3) is 5.30. The second-order valence-electron chi connectivity index (χ2n) is 5.56. The van der Waals surface area contributed by atoms with Crippen LogP contribution in [0.5, 0.6) is 0 Å². The SMILES string of the molecule is CCCC(=O)NCc1ccccc1CS(=O)(=O)N1CCOCC1. The molecule has 1 aliphatic rings. The van der Waals surface area contributed by atoms with Crippen LogP contribution in [-0.4, -0.2) is 44.9 Å². The van der Waals surface area contributed by atoms with Gasteiger partial charge in [-0.2, -0.15) is 4.31 Å². The zero-order chi connectivity index (χ0) is 16.7. The van der Waals surface area contributed by atoms with Crippen molar-refractivity contribution in [2.24, 2.45) is 0 Å². The van der Waals surface area contributed by atoms with Gasteiger partial charge in [0, 0.05) is 26.1 Å². The van der Waals surface area contributed by atoms with E-state index in [1.807, 2.05) is 25.1 Å². The Balaban J connectivity index is 2.06. The summed E-state index contributed by atoms with van der Waals surface area (Å²) in [5.74, 6) is -0.0642. The van der Waals surface area contributed by atoms with Crippen molar-refractivity contribution in [3.05, 3.63) is 35.4 Å². The molecular weight excluding hydrogens is 316 g/mol. The van der Waals surface area contributed by atoms with Gasteiger partial charge in [-0.15, -0.1) is 0 Å².